The van der Waals surface area contributed by atoms with Crippen molar-refractivity contribution in [3.8, 4) is 0 Å². The maximum atomic E-state index is 11.3. The fourth-order valence-corrected chi connectivity index (χ4v) is 3.14. The van der Waals surface area contributed by atoms with Crippen LogP contribution < -0.4 is 5.32 Å². The van der Waals surface area contributed by atoms with E-state index in [2.05, 4.69) is 10.3 Å². The normalized spacial score (nSPS) is 14.6. The number of aromatic nitrogens is 1. The van der Waals surface area contributed by atoms with Gasteiger partial charge in [0.1, 0.15) is 11.0 Å². The van der Waals surface area contributed by atoms with Gasteiger partial charge in [-0.25, -0.2) is 4.98 Å². The van der Waals surface area contributed by atoms with Gasteiger partial charge in [0.25, 0.3) is 0 Å². The van der Waals surface area contributed by atoms with Crippen LogP contribution in [0.3, 0.4) is 0 Å². The third-order valence-electron chi connectivity index (χ3n) is 3.14. The van der Waals surface area contributed by atoms with E-state index in [4.69, 9.17) is 0 Å². The Morgan fingerprint density at radius 3 is 2.65 bits per heavy atom. The van der Waals surface area contributed by atoms with E-state index in [0.29, 0.717) is 12.3 Å². The first kappa shape index (κ1) is 14.9. The van der Waals surface area contributed by atoms with Crippen molar-refractivity contribution in [2.45, 2.75) is 39.3 Å². The molecule has 1 aromatic heterocycles. The summed E-state index contributed by atoms with van der Waals surface area (Å²) in [4.78, 5) is 15.9. The summed E-state index contributed by atoms with van der Waals surface area (Å²) >= 11 is 1.61. The highest BCUT2D eigenvalue weighted by Gasteiger charge is 2.22. The number of hydrogen-bond acceptors (Lipinski definition) is 4. The van der Waals surface area contributed by atoms with Crippen molar-refractivity contribution in [2.24, 2.45) is 5.92 Å². The molecule has 0 saturated heterocycles. The van der Waals surface area contributed by atoms with E-state index in [-0.39, 0.29) is 6.04 Å². The van der Waals surface area contributed by atoms with Crippen molar-refractivity contribution >= 4 is 27.5 Å². The summed E-state index contributed by atoms with van der Waals surface area (Å²) in [5.41, 5.74) is 0.969. The van der Waals surface area contributed by atoms with Crippen LogP contribution in [-0.4, -0.2) is 22.1 Å². The molecule has 2 aromatic rings. The van der Waals surface area contributed by atoms with Crippen molar-refractivity contribution in [1.29, 1.82) is 0 Å². The number of hydrogen-bond donors (Lipinski definition) is 2. The van der Waals surface area contributed by atoms with Crippen molar-refractivity contribution in [1.82, 2.24) is 10.3 Å². The number of carboxylic acids is 1. The van der Waals surface area contributed by atoms with Crippen molar-refractivity contribution < 1.29 is 9.90 Å². The molecule has 0 saturated carbocycles. The Balaban J connectivity index is 2.13. The molecule has 0 spiro atoms. The molecule has 1 aromatic carbocycles. The highest BCUT2D eigenvalue weighted by Crippen LogP contribution is 2.26. The Hall–Kier alpha value is -1.46. The van der Waals surface area contributed by atoms with Crippen LogP contribution in [0, 0.1) is 5.92 Å². The third kappa shape index (κ3) is 3.55. The lowest BCUT2D eigenvalue weighted by Crippen LogP contribution is -2.39. The smallest absolute Gasteiger partial charge is 0.320 e. The largest absolute Gasteiger partial charge is 0.480 e. The number of carbonyl (C=O) groups is 1. The van der Waals surface area contributed by atoms with Gasteiger partial charge in [-0.2, -0.15) is 0 Å². The number of carboxylic acid groups (broad SMARTS) is 1. The molecule has 108 valence electrons. The van der Waals surface area contributed by atoms with Crippen LogP contribution >= 0.6 is 11.3 Å². The van der Waals surface area contributed by atoms with Crippen molar-refractivity contribution in [3.63, 3.8) is 0 Å². The molecule has 5 heteroatoms. The van der Waals surface area contributed by atoms with Gasteiger partial charge in [-0.3, -0.25) is 10.1 Å². The average Bonchev–Trinajstić information content (AvgIpc) is 2.81. The molecule has 20 heavy (non-hydrogen) atoms. The van der Waals surface area contributed by atoms with Gasteiger partial charge in [0.2, 0.25) is 0 Å². The Labute approximate surface area is 122 Å². The van der Waals surface area contributed by atoms with Gasteiger partial charge in [0, 0.05) is 0 Å². The zero-order valence-electron chi connectivity index (χ0n) is 12.0. The zero-order valence-corrected chi connectivity index (χ0v) is 12.8. The standard InChI is InChI=1S/C15H20N2O2S/c1-9(2)8-12(15(18)19)16-10(3)14-17-11-6-4-5-7-13(11)20-14/h4-7,9-10,12,16H,8H2,1-3H3,(H,18,19). The molecule has 2 atom stereocenters. The second kappa shape index (κ2) is 6.33. The number of rotatable bonds is 6. The minimum Gasteiger partial charge on any atom is -0.480 e. The van der Waals surface area contributed by atoms with Crippen LogP contribution in [0.15, 0.2) is 24.3 Å². The molecule has 0 aliphatic rings. The minimum absolute atomic E-state index is 0.0627. The summed E-state index contributed by atoms with van der Waals surface area (Å²) in [6, 6.07) is 7.37. The predicted molar refractivity (Wildman–Crippen MR) is 82.0 cm³/mol. The van der Waals surface area contributed by atoms with Gasteiger partial charge >= 0.3 is 5.97 Å². The molecular weight excluding hydrogens is 272 g/mol. The summed E-state index contributed by atoms with van der Waals surface area (Å²) < 4.78 is 1.13. The molecule has 2 N–H and O–H groups in total. The van der Waals surface area contributed by atoms with Crippen molar-refractivity contribution in [3.05, 3.63) is 29.3 Å². The topological polar surface area (TPSA) is 62.2 Å². The molecule has 0 fully saturated rings. The molecule has 0 bridgehead atoms. The first-order valence-electron chi connectivity index (χ1n) is 6.81. The van der Waals surface area contributed by atoms with Gasteiger partial charge in [0.15, 0.2) is 0 Å². The van der Waals surface area contributed by atoms with Gasteiger partial charge in [-0.05, 0) is 31.4 Å². The molecule has 2 unspecified atom stereocenters. The van der Waals surface area contributed by atoms with Gasteiger partial charge in [-0.1, -0.05) is 26.0 Å². The van der Waals surface area contributed by atoms with E-state index < -0.39 is 12.0 Å². The van der Waals surface area contributed by atoms with E-state index in [1.165, 1.54) is 0 Å². The second-order valence-corrected chi connectivity index (χ2v) is 6.49. The SMILES string of the molecule is CC(C)CC(NC(C)c1nc2ccccc2s1)C(=O)O. The summed E-state index contributed by atoms with van der Waals surface area (Å²) in [6.07, 6.45) is 0.616. The van der Waals surface area contributed by atoms with Crippen LogP contribution in [0.2, 0.25) is 0 Å². The summed E-state index contributed by atoms with van der Waals surface area (Å²) in [5, 5.41) is 13.4. The number of aliphatic carboxylic acids is 1. The highest BCUT2D eigenvalue weighted by atomic mass is 32.1. The first-order valence-corrected chi connectivity index (χ1v) is 7.63. The lowest BCUT2D eigenvalue weighted by atomic mass is 10.0. The molecule has 1 heterocycles. The number of para-hydroxylation sites is 1. The fraction of sp³-hybridized carbons (Fsp3) is 0.467. The van der Waals surface area contributed by atoms with E-state index in [9.17, 15) is 9.90 Å². The van der Waals surface area contributed by atoms with Gasteiger partial charge in [-0.15, -0.1) is 11.3 Å². The van der Waals surface area contributed by atoms with E-state index >= 15 is 0 Å². The number of thiazole rings is 1. The fourth-order valence-electron chi connectivity index (χ4n) is 2.16. The Morgan fingerprint density at radius 1 is 1.35 bits per heavy atom. The summed E-state index contributed by atoms with van der Waals surface area (Å²) in [5.74, 6) is -0.460. The summed E-state index contributed by atoms with van der Waals surface area (Å²) in [6.45, 7) is 6.02. The van der Waals surface area contributed by atoms with Gasteiger partial charge < -0.3 is 5.11 Å². The minimum atomic E-state index is -0.799. The summed E-state index contributed by atoms with van der Waals surface area (Å²) in [7, 11) is 0. The lowest BCUT2D eigenvalue weighted by molar-refractivity contribution is -0.140. The molecule has 0 aliphatic heterocycles. The monoisotopic (exact) mass is 292 g/mol. The number of benzene rings is 1. The van der Waals surface area contributed by atoms with Crippen LogP contribution in [0.25, 0.3) is 10.2 Å². The molecular formula is C15H20N2O2S. The van der Waals surface area contributed by atoms with Crippen LogP contribution in [-0.2, 0) is 4.79 Å². The zero-order chi connectivity index (χ0) is 14.7. The number of nitrogens with zero attached hydrogens (tertiary/aromatic N) is 1. The molecule has 0 radical (unpaired) electrons. The Morgan fingerprint density at radius 2 is 2.05 bits per heavy atom. The third-order valence-corrected chi connectivity index (χ3v) is 4.36. The average molecular weight is 292 g/mol. The van der Waals surface area contributed by atoms with E-state index in [1.807, 2.05) is 45.0 Å². The molecule has 0 amide bonds. The number of nitrogens with one attached hydrogen (secondary N) is 1. The maximum Gasteiger partial charge on any atom is 0.320 e. The molecule has 2 rings (SSSR count). The van der Waals surface area contributed by atoms with Crippen molar-refractivity contribution in [2.75, 3.05) is 0 Å². The van der Waals surface area contributed by atoms with Crippen LogP contribution in [0.1, 0.15) is 38.2 Å². The predicted octanol–water partition coefficient (Wildman–Crippen LogP) is 3.45. The van der Waals surface area contributed by atoms with Gasteiger partial charge in [0.05, 0.1) is 16.3 Å². The second-order valence-electron chi connectivity index (χ2n) is 5.43. The maximum absolute atomic E-state index is 11.3. The Bertz CT molecular complexity index is 561. The quantitative estimate of drug-likeness (QED) is 0.856. The molecule has 4 nitrogen and oxygen atoms in total. The highest BCUT2D eigenvalue weighted by molar-refractivity contribution is 7.18. The molecule has 0 aliphatic carbocycles. The van der Waals surface area contributed by atoms with Crippen LogP contribution in [0.4, 0.5) is 0 Å². The number of fused-ring (bicyclic) bond motifs is 1. The van der Waals surface area contributed by atoms with E-state index in [0.717, 1.165) is 15.2 Å². The van der Waals surface area contributed by atoms with E-state index in [1.54, 1.807) is 11.3 Å². The lowest BCUT2D eigenvalue weighted by Gasteiger charge is -2.20. The van der Waals surface area contributed by atoms with Crippen LogP contribution in [0.5, 0.6) is 0 Å². The first-order chi connectivity index (χ1) is 9.47. The Kier molecular flexibility index (Phi) is 4.73.